The summed E-state index contributed by atoms with van der Waals surface area (Å²) in [4.78, 5) is 33.7. The van der Waals surface area contributed by atoms with Crippen LogP contribution < -0.4 is 0 Å². The molecule has 0 heterocycles. The summed E-state index contributed by atoms with van der Waals surface area (Å²) in [6.45, 7) is 6.23. The Bertz CT molecular complexity index is 395. The van der Waals surface area contributed by atoms with Gasteiger partial charge in [-0.25, -0.2) is 0 Å². The molecule has 0 rings (SSSR count). The molecule has 0 spiro atoms. The maximum atomic E-state index is 11.9. The van der Waals surface area contributed by atoms with Crippen LogP contribution in [0.15, 0.2) is 24.3 Å². The van der Waals surface area contributed by atoms with E-state index in [1.54, 1.807) is 25.2 Å². The second kappa shape index (κ2) is 9.95. The highest BCUT2D eigenvalue weighted by molar-refractivity contribution is 5.92. The minimum atomic E-state index is -0.602. The summed E-state index contributed by atoms with van der Waals surface area (Å²) < 4.78 is 9.93. The lowest BCUT2D eigenvalue weighted by atomic mass is 9.96. The van der Waals surface area contributed by atoms with Crippen LogP contribution in [0.5, 0.6) is 0 Å². The lowest BCUT2D eigenvalue weighted by Crippen LogP contribution is -2.30. The van der Waals surface area contributed by atoms with Crippen molar-refractivity contribution in [3.05, 3.63) is 24.3 Å². The van der Waals surface area contributed by atoms with Crippen molar-refractivity contribution >= 4 is 17.7 Å². The van der Waals surface area contributed by atoms with Gasteiger partial charge in [-0.1, -0.05) is 25.2 Å². The Morgan fingerprint density at radius 2 is 1.75 bits per heavy atom. The van der Waals surface area contributed by atoms with Gasteiger partial charge in [-0.2, -0.15) is 0 Å². The largest absolute Gasteiger partial charge is 0.466 e. The zero-order valence-electron chi connectivity index (χ0n) is 12.4. The lowest BCUT2D eigenvalue weighted by molar-refractivity contribution is -0.152. The molecule has 5 heteroatoms. The number of carbonyl (C=O) groups is 3. The average Bonchev–Trinajstić information content (AvgIpc) is 2.36. The molecular formula is C15H22O5. The molecule has 20 heavy (non-hydrogen) atoms. The van der Waals surface area contributed by atoms with Gasteiger partial charge < -0.3 is 9.47 Å². The highest BCUT2D eigenvalue weighted by Gasteiger charge is 2.25. The molecule has 0 aliphatic carbocycles. The van der Waals surface area contributed by atoms with Crippen LogP contribution in [0.1, 0.15) is 34.1 Å². The average molecular weight is 282 g/mol. The summed E-state index contributed by atoms with van der Waals surface area (Å²) >= 11 is 0. The summed E-state index contributed by atoms with van der Waals surface area (Å²) in [5, 5.41) is 0. The summed E-state index contributed by atoms with van der Waals surface area (Å²) in [5.74, 6) is -1.50. The molecule has 0 radical (unpaired) electrons. The van der Waals surface area contributed by atoms with Gasteiger partial charge in [0.1, 0.15) is 6.10 Å². The Labute approximate surface area is 119 Å². The molecule has 0 saturated heterocycles. The molecule has 0 aromatic heterocycles. The topological polar surface area (TPSA) is 69.7 Å². The molecule has 0 aliphatic rings. The van der Waals surface area contributed by atoms with Crippen LogP contribution in [0.3, 0.4) is 0 Å². The number of hydrogen-bond donors (Lipinski definition) is 0. The molecule has 0 fully saturated rings. The molecule has 5 nitrogen and oxygen atoms in total. The fourth-order valence-electron chi connectivity index (χ4n) is 1.54. The monoisotopic (exact) mass is 282 g/mol. The van der Waals surface area contributed by atoms with E-state index in [1.807, 2.05) is 6.92 Å². The second-order valence-corrected chi connectivity index (χ2v) is 4.35. The zero-order valence-corrected chi connectivity index (χ0v) is 12.4. The van der Waals surface area contributed by atoms with Gasteiger partial charge >= 0.3 is 11.9 Å². The minimum absolute atomic E-state index is 0.115. The van der Waals surface area contributed by atoms with Crippen LogP contribution in [0.25, 0.3) is 0 Å². The van der Waals surface area contributed by atoms with Crippen LogP contribution in [0.4, 0.5) is 0 Å². The number of ketones is 1. The van der Waals surface area contributed by atoms with Crippen LogP contribution in [0.2, 0.25) is 0 Å². The number of carbonyl (C=O) groups excluding carboxylic acids is 3. The normalized spacial score (nSPS) is 14.2. The van der Waals surface area contributed by atoms with Crippen molar-refractivity contribution in [2.45, 2.75) is 40.2 Å². The zero-order chi connectivity index (χ0) is 15.5. The van der Waals surface area contributed by atoms with Crippen molar-refractivity contribution in [1.82, 2.24) is 0 Å². The van der Waals surface area contributed by atoms with E-state index in [9.17, 15) is 14.4 Å². The molecule has 112 valence electrons. The highest BCUT2D eigenvalue weighted by Crippen LogP contribution is 2.14. The molecule has 0 aromatic rings. The Balaban J connectivity index is 4.61. The molecule has 2 unspecified atom stereocenters. The Morgan fingerprint density at radius 3 is 2.25 bits per heavy atom. The number of rotatable bonds is 8. The molecule has 0 aliphatic heterocycles. The highest BCUT2D eigenvalue weighted by atomic mass is 16.6. The summed E-state index contributed by atoms with van der Waals surface area (Å²) in [5.41, 5.74) is 0. The van der Waals surface area contributed by atoms with E-state index in [2.05, 4.69) is 0 Å². The van der Waals surface area contributed by atoms with E-state index in [-0.39, 0.29) is 12.4 Å². The van der Waals surface area contributed by atoms with E-state index in [0.717, 1.165) is 0 Å². The number of hydrogen-bond acceptors (Lipinski definition) is 5. The van der Waals surface area contributed by atoms with Crippen molar-refractivity contribution in [1.29, 1.82) is 0 Å². The van der Waals surface area contributed by atoms with Crippen LogP contribution in [-0.2, 0) is 23.9 Å². The van der Waals surface area contributed by atoms with Gasteiger partial charge in [0.2, 0.25) is 0 Å². The van der Waals surface area contributed by atoms with E-state index >= 15 is 0 Å². The predicted molar refractivity (Wildman–Crippen MR) is 74.9 cm³/mol. The summed E-state index contributed by atoms with van der Waals surface area (Å²) in [6, 6.07) is 0. The molecular weight excluding hydrogens is 260 g/mol. The maximum Gasteiger partial charge on any atom is 0.302 e. The van der Waals surface area contributed by atoms with Gasteiger partial charge in [0.05, 0.1) is 12.5 Å². The quantitative estimate of drug-likeness (QED) is 0.388. The van der Waals surface area contributed by atoms with Gasteiger partial charge in [0.15, 0.2) is 5.78 Å². The fourth-order valence-corrected chi connectivity index (χ4v) is 1.54. The van der Waals surface area contributed by atoms with Crippen LogP contribution in [-0.4, -0.2) is 30.4 Å². The van der Waals surface area contributed by atoms with Gasteiger partial charge in [0.25, 0.3) is 0 Å². The van der Waals surface area contributed by atoms with Gasteiger partial charge in [-0.05, 0) is 13.0 Å². The Kier molecular flexibility index (Phi) is 9.00. The second-order valence-electron chi connectivity index (χ2n) is 4.35. The van der Waals surface area contributed by atoms with Crippen LogP contribution in [0, 0.1) is 5.92 Å². The van der Waals surface area contributed by atoms with Gasteiger partial charge in [-0.15, -0.1) is 0 Å². The van der Waals surface area contributed by atoms with E-state index < -0.39 is 24.0 Å². The molecule has 0 N–H and O–H groups in total. The number of allylic oxidation sites excluding steroid dienone is 4. The third kappa shape index (κ3) is 8.24. The first-order chi connectivity index (χ1) is 9.38. The summed E-state index contributed by atoms with van der Waals surface area (Å²) in [6.07, 6.45) is 6.31. The van der Waals surface area contributed by atoms with E-state index in [0.29, 0.717) is 6.42 Å². The SMILES string of the molecule is CC=CC=CC(=O)C(C)C(CCOC(C)=O)OC(C)=O. The van der Waals surface area contributed by atoms with Gasteiger partial charge in [0, 0.05) is 20.3 Å². The van der Waals surface area contributed by atoms with Crippen molar-refractivity contribution in [2.75, 3.05) is 6.61 Å². The molecule has 0 bridgehead atoms. The molecule has 0 amide bonds. The lowest BCUT2D eigenvalue weighted by Gasteiger charge is -2.21. The third-order valence-electron chi connectivity index (χ3n) is 2.60. The molecule has 2 atom stereocenters. The first kappa shape index (κ1) is 18.1. The van der Waals surface area contributed by atoms with Crippen LogP contribution >= 0.6 is 0 Å². The standard InChI is InChI=1S/C15H22O5/c1-5-6-7-8-14(18)11(2)15(20-13(4)17)9-10-19-12(3)16/h5-8,11,15H,9-10H2,1-4H3. The summed E-state index contributed by atoms with van der Waals surface area (Å²) in [7, 11) is 0. The van der Waals surface area contributed by atoms with E-state index in [1.165, 1.54) is 19.9 Å². The first-order valence-electron chi connectivity index (χ1n) is 6.52. The minimum Gasteiger partial charge on any atom is -0.466 e. The van der Waals surface area contributed by atoms with Crippen molar-refractivity contribution < 1.29 is 23.9 Å². The Hall–Kier alpha value is -1.91. The number of esters is 2. The molecule has 0 saturated carbocycles. The van der Waals surface area contributed by atoms with Crippen molar-refractivity contribution in [3.63, 3.8) is 0 Å². The molecule has 0 aromatic carbocycles. The van der Waals surface area contributed by atoms with Crippen molar-refractivity contribution in [3.8, 4) is 0 Å². The van der Waals surface area contributed by atoms with Gasteiger partial charge in [-0.3, -0.25) is 14.4 Å². The smallest absolute Gasteiger partial charge is 0.302 e. The maximum absolute atomic E-state index is 11.9. The number of ether oxygens (including phenoxy) is 2. The predicted octanol–water partition coefficient (Wildman–Crippen LogP) is 2.21. The van der Waals surface area contributed by atoms with Crippen molar-refractivity contribution in [2.24, 2.45) is 5.92 Å². The van der Waals surface area contributed by atoms with E-state index in [4.69, 9.17) is 9.47 Å². The first-order valence-corrected chi connectivity index (χ1v) is 6.52. The third-order valence-corrected chi connectivity index (χ3v) is 2.60. The fraction of sp³-hybridized carbons (Fsp3) is 0.533. The Morgan fingerprint density at radius 1 is 1.10 bits per heavy atom.